The van der Waals surface area contributed by atoms with Crippen molar-refractivity contribution < 1.29 is 14.3 Å². The van der Waals surface area contributed by atoms with E-state index in [2.05, 4.69) is 20.8 Å². The summed E-state index contributed by atoms with van der Waals surface area (Å²) in [6, 6.07) is 20.2. The van der Waals surface area contributed by atoms with Crippen molar-refractivity contribution in [1.29, 1.82) is 0 Å². The highest BCUT2D eigenvalue weighted by Gasteiger charge is 2.18. The topological polar surface area (TPSA) is 96.1 Å². The third-order valence-corrected chi connectivity index (χ3v) is 7.58. The normalized spacial score (nSPS) is 11.0. The van der Waals surface area contributed by atoms with Crippen LogP contribution in [0.15, 0.2) is 76.8 Å². The van der Waals surface area contributed by atoms with Crippen molar-refractivity contribution in [3.05, 3.63) is 82.2 Å². The fourth-order valence-corrected chi connectivity index (χ4v) is 5.57. The van der Waals surface area contributed by atoms with Gasteiger partial charge in [0.1, 0.15) is 10.6 Å². The molecule has 0 unspecified atom stereocenters. The average molecular weight is 509 g/mol. The first kappa shape index (κ1) is 22.3. The van der Waals surface area contributed by atoms with Gasteiger partial charge in [-0.2, -0.15) is 0 Å². The molecule has 0 spiro atoms. The first-order valence-corrected chi connectivity index (χ1v) is 12.1. The van der Waals surface area contributed by atoms with Gasteiger partial charge >= 0.3 is 0 Å². The Hall–Kier alpha value is -3.53. The number of rotatable bonds is 5. The quantitative estimate of drug-likeness (QED) is 0.266. The van der Waals surface area contributed by atoms with Crippen LogP contribution in [0.25, 0.3) is 21.1 Å². The van der Waals surface area contributed by atoms with E-state index < -0.39 is 11.8 Å². The third kappa shape index (κ3) is 4.45. The summed E-state index contributed by atoms with van der Waals surface area (Å²) in [6.45, 7) is 0. The second-order valence-electron chi connectivity index (χ2n) is 7.20. The smallest absolute Gasteiger partial charge is 0.281 e. The highest BCUT2D eigenvalue weighted by atomic mass is 35.5. The lowest BCUT2D eigenvalue weighted by Crippen LogP contribution is -2.41. The molecule has 5 aromatic rings. The molecule has 0 aliphatic rings. The second kappa shape index (κ2) is 9.38. The van der Waals surface area contributed by atoms with Gasteiger partial charge in [0.15, 0.2) is 5.16 Å². The second-order valence-corrected chi connectivity index (χ2v) is 9.69. The molecule has 7 nitrogen and oxygen atoms in total. The number of nitrogens with zero attached hydrogens (tertiary/aromatic N) is 1. The number of nitrogens with one attached hydrogen (secondary N) is 3. The number of imidazole rings is 1. The van der Waals surface area contributed by atoms with E-state index in [4.69, 9.17) is 16.3 Å². The van der Waals surface area contributed by atoms with Crippen LogP contribution in [0.2, 0.25) is 5.02 Å². The summed E-state index contributed by atoms with van der Waals surface area (Å²) in [6.07, 6.45) is 0. The van der Waals surface area contributed by atoms with E-state index >= 15 is 0 Å². The number of hydrogen-bond donors (Lipinski definition) is 3. The van der Waals surface area contributed by atoms with Crippen LogP contribution in [0.5, 0.6) is 5.75 Å². The number of para-hydroxylation sites is 2. The van der Waals surface area contributed by atoms with Gasteiger partial charge in [0.2, 0.25) is 0 Å². The molecular weight excluding hydrogens is 492 g/mol. The number of amides is 2. The molecule has 0 bridgehead atoms. The first-order valence-electron chi connectivity index (χ1n) is 10.1. The van der Waals surface area contributed by atoms with Gasteiger partial charge in [0.25, 0.3) is 11.8 Å². The molecule has 0 atom stereocenters. The molecule has 170 valence electrons. The Morgan fingerprint density at radius 3 is 2.56 bits per heavy atom. The molecule has 0 fully saturated rings. The summed E-state index contributed by atoms with van der Waals surface area (Å²) in [5.41, 5.74) is 7.14. The first-order chi connectivity index (χ1) is 16.5. The Balaban J connectivity index is 1.22. The van der Waals surface area contributed by atoms with Crippen molar-refractivity contribution in [3.63, 3.8) is 0 Å². The highest BCUT2D eigenvalue weighted by molar-refractivity contribution is 7.99. The molecular formula is C24H17ClN4O3S2. The molecule has 2 amide bonds. The van der Waals surface area contributed by atoms with Crippen LogP contribution >= 0.6 is 34.7 Å². The minimum absolute atomic E-state index is 0.308. The molecule has 0 radical (unpaired) electrons. The summed E-state index contributed by atoms with van der Waals surface area (Å²) in [4.78, 5) is 34.2. The van der Waals surface area contributed by atoms with Crippen molar-refractivity contribution >= 4 is 67.6 Å². The van der Waals surface area contributed by atoms with Gasteiger partial charge in [-0.3, -0.25) is 20.4 Å². The molecule has 10 heteroatoms. The molecule has 3 aromatic carbocycles. The maximum Gasteiger partial charge on any atom is 0.281 e. The number of methoxy groups -OCH3 is 1. The van der Waals surface area contributed by atoms with Gasteiger partial charge in [0, 0.05) is 20.5 Å². The summed E-state index contributed by atoms with van der Waals surface area (Å²) in [7, 11) is 1.57. The van der Waals surface area contributed by atoms with Gasteiger partial charge in [-0.25, -0.2) is 4.98 Å². The van der Waals surface area contributed by atoms with E-state index in [1.807, 2.05) is 42.5 Å². The van der Waals surface area contributed by atoms with Crippen LogP contribution in [-0.2, 0) is 0 Å². The number of carbonyl (C=O) groups excluding carboxylic acids is 2. The number of carbonyl (C=O) groups is 2. The maximum atomic E-state index is 12.6. The number of aromatic nitrogens is 2. The monoisotopic (exact) mass is 508 g/mol. The van der Waals surface area contributed by atoms with Crippen molar-refractivity contribution in [1.82, 2.24) is 20.8 Å². The van der Waals surface area contributed by atoms with Crippen molar-refractivity contribution in [3.8, 4) is 5.75 Å². The number of hydrogen-bond acceptors (Lipinski definition) is 6. The number of halogens is 1. The van der Waals surface area contributed by atoms with Crippen LogP contribution in [0.4, 0.5) is 0 Å². The fraction of sp³-hybridized carbons (Fsp3) is 0.0417. The average Bonchev–Trinajstić information content (AvgIpc) is 3.42. The largest absolute Gasteiger partial charge is 0.497 e. The van der Waals surface area contributed by atoms with E-state index in [-0.39, 0.29) is 0 Å². The van der Waals surface area contributed by atoms with Gasteiger partial charge in [-0.15, -0.1) is 11.3 Å². The zero-order valence-corrected chi connectivity index (χ0v) is 20.1. The molecule has 0 aliphatic heterocycles. The standard InChI is InChI=1S/C24H17ClN4O3S2/c1-32-14-8-11-16-19(12-14)34-21(20(16)25)23(31)29-28-22(30)13-6-9-15(10-7-13)33-24-26-17-4-2-3-5-18(17)27-24/h2-12H,1H3,(H,26,27)(H,28,30)(H,29,31). The zero-order chi connectivity index (χ0) is 23.7. The zero-order valence-electron chi connectivity index (χ0n) is 17.7. The van der Waals surface area contributed by atoms with Crippen LogP contribution in [0.3, 0.4) is 0 Å². The fourth-order valence-electron chi connectivity index (χ4n) is 3.32. The molecule has 3 N–H and O–H groups in total. The van der Waals surface area contributed by atoms with E-state index in [0.717, 1.165) is 31.2 Å². The summed E-state index contributed by atoms with van der Waals surface area (Å²) >= 11 is 9.07. The summed E-state index contributed by atoms with van der Waals surface area (Å²) in [5.74, 6) is -0.254. The molecule has 2 heterocycles. The van der Waals surface area contributed by atoms with E-state index in [1.54, 1.807) is 31.4 Å². The maximum absolute atomic E-state index is 12.6. The minimum atomic E-state index is -0.490. The predicted octanol–water partition coefficient (Wildman–Crippen LogP) is 5.67. The molecule has 5 rings (SSSR count). The van der Waals surface area contributed by atoms with Gasteiger partial charge < -0.3 is 9.72 Å². The van der Waals surface area contributed by atoms with E-state index in [0.29, 0.717) is 21.2 Å². The number of ether oxygens (including phenoxy) is 1. The number of H-pyrrole nitrogens is 1. The molecule has 0 saturated carbocycles. The van der Waals surface area contributed by atoms with Gasteiger partial charge in [-0.1, -0.05) is 35.5 Å². The lowest BCUT2D eigenvalue weighted by molar-refractivity contribution is 0.0849. The number of benzene rings is 3. The van der Waals surface area contributed by atoms with Crippen LogP contribution in [0, 0.1) is 0 Å². The van der Waals surface area contributed by atoms with E-state index in [1.165, 1.54) is 23.1 Å². The van der Waals surface area contributed by atoms with Crippen molar-refractivity contribution in [2.24, 2.45) is 0 Å². The lowest BCUT2D eigenvalue weighted by Gasteiger charge is -2.07. The van der Waals surface area contributed by atoms with Crippen molar-refractivity contribution in [2.45, 2.75) is 10.1 Å². The number of aromatic amines is 1. The predicted molar refractivity (Wildman–Crippen MR) is 135 cm³/mol. The Labute approximate surface area is 207 Å². The summed E-state index contributed by atoms with van der Waals surface area (Å²) < 4.78 is 6.03. The molecule has 0 saturated heterocycles. The van der Waals surface area contributed by atoms with Crippen LogP contribution in [0.1, 0.15) is 20.0 Å². The van der Waals surface area contributed by atoms with Gasteiger partial charge in [0.05, 0.1) is 23.2 Å². The van der Waals surface area contributed by atoms with Gasteiger partial charge in [-0.05, 0) is 54.6 Å². The Morgan fingerprint density at radius 2 is 1.79 bits per heavy atom. The highest BCUT2D eigenvalue weighted by Crippen LogP contribution is 2.37. The Morgan fingerprint density at radius 1 is 1.03 bits per heavy atom. The molecule has 2 aromatic heterocycles. The molecule has 0 aliphatic carbocycles. The summed E-state index contributed by atoms with van der Waals surface area (Å²) in [5, 5.41) is 1.85. The van der Waals surface area contributed by atoms with E-state index in [9.17, 15) is 9.59 Å². The number of thiophene rings is 1. The SMILES string of the molecule is COc1ccc2c(Cl)c(C(=O)NNC(=O)c3ccc(Sc4nc5ccccc5[nH]4)cc3)sc2c1. The number of hydrazine groups is 1. The third-order valence-electron chi connectivity index (χ3n) is 5.03. The Kier molecular flexibility index (Phi) is 6.14. The minimum Gasteiger partial charge on any atom is -0.497 e. The van der Waals surface area contributed by atoms with Crippen LogP contribution in [-0.4, -0.2) is 28.9 Å². The number of fused-ring (bicyclic) bond motifs is 2. The lowest BCUT2D eigenvalue weighted by atomic mass is 10.2. The van der Waals surface area contributed by atoms with Crippen molar-refractivity contribution in [2.75, 3.05) is 7.11 Å². The Bertz CT molecular complexity index is 1500. The molecule has 34 heavy (non-hydrogen) atoms. The van der Waals surface area contributed by atoms with Crippen LogP contribution < -0.4 is 15.6 Å².